The van der Waals surface area contributed by atoms with Gasteiger partial charge < -0.3 is 5.32 Å². The minimum absolute atomic E-state index is 0.888. The summed E-state index contributed by atoms with van der Waals surface area (Å²) in [4.78, 5) is 0. The second-order valence-corrected chi connectivity index (χ2v) is 5.54. The molecule has 2 saturated carbocycles. The summed E-state index contributed by atoms with van der Waals surface area (Å²) in [6.07, 6.45) is 8.69. The summed E-state index contributed by atoms with van der Waals surface area (Å²) >= 11 is 0. The van der Waals surface area contributed by atoms with Gasteiger partial charge in [0.1, 0.15) is 0 Å². The van der Waals surface area contributed by atoms with E-state index in [9.17, 15) is 0 Å². The van der Waals surface area contributed by atoms with Gasteiger partial charge in [-0.3, -0.25) is 0 Å². The molecule has 1 nitrogen and oxygen atoms in total. The van der Waals surface area contributed by atoms with Gasteiger partial charge in [0.2, 0.25) is 0 Å². The lowest BCUT2D eigenvalue weighted by Crippen LogP contribution is -2.28. The molecule has 2 aliphatic carbocycles. The van der Waals surface area contributed by atoms with Crippen LogP contribution in [0.15, 0.2) is 0 Å². The van der Waals surface area contributed by atoms with Crippen LogP contribution >= 0.6 is 0 Å². The van der Waals surface area contributed by atoms with Gasteiger partial charge in [-0.25, -0.2) is 0 Å². The van der Waals surface area contributed by atoms with E-state index in [1.807, 2.05) is 0 Å². The van der Waals surface area contributed by atoms with E-state index in [1.54, 1.807) is 0 Å². The smallest absolute Gasteiger partial charge is 0.00991 e. The van der Waals surface area contributed by atoms with Gasteiger partial charge in [-0.1, -0.05) is 33.1 Å². The SMILES string of the molecule is CCC1CC1NCC1CCC(C)CC1. The Balaban J connectivity index is 1.58. The molecule has 1 heteroatoms. The Morgan fingerprint density at radius 1 is 1.14 bits per heavy atom. The minimum Gasteiger partial charge on any atom is -0.313 e. The van der Waals surface area contributed by atoms with E-state index in [0.717, 1.165) is 23.8 Å². The Labute approximate surface area is 88.7 Å². The highest BCUT2D eigenvalue weighted by molar-refractivity contribution is 4.92. The highest BCUT2D eigenvalue weighted by atomic mass is 15.0. The molecule has 82 valence electrons. The molecule has 14 heavy (non-hydrogen) atoms. The molecule has 2 aliphatic rings. The van der Waals surface area contributed by atoms with E-state index < -0.39 is 0 Å². The lowest BCUT2D eigenvalue weighted by molar-refractivity contribution is 0.280. The van der Waals surface area contributed by atoms with Crippen LogP contribution in [0.4, 0.5) is 0 Å². The first-order valence-corrected chi connectivity index (χ1v) is 6.53. The van der Waals surface area contributed by atoms with Gasteiger partial charge in [-0.15, -0.1) is 0 Å². The summed E-state index contributed by atoms with van der Waals surface area (Å²) in [5, 5.41) is 3.74. The van der Waals surface area contributed by atoms with Crippen molar-refractivity contribution in [3.8, 4) is 0 Å². The summed E-state index contributed by atoms with van der Waals surface area (Å²) in [5.41, 5.74) is 0. The molecule has 0 saturated heterocycles. The zero-order valence-electron chi connectivity index (χ0n) is 9.76. The number of hydrogen-bond donors (Lipinski definition) is 1. The van der Waals surface area contributed by atoms with Crippen LogP contribution in [-0.4, -0.2) is 12.6 Å². The largest absolute Gasteiger partial charge is 0.313 e. The van der Waals surface area contributed by atoms with Crippen LogP contribution in [0, 0.1) is 17.8 Å². The van der Waals surface area contributed by atoms with Crippen LogP contribution in [-0.2, 0) is 0 Å². The first-order chi connectivity index (χ1) is 6.79. The van der Waals surface area contributed by atoms with E-state index in [-0.39, 0.29) is 0 Å². The van der Waals surface area contributed by atoms with Crippen molar-refractivity contribution in [1.82, 2.24) is 5.32 Å². The van der Waals surface area contributed by atoms with Crippen LogP contribution in [0.5, 0.6) is 0 Å². The van der Waals surface area contributed by atoms with Gasteiger partial charge in [-0.2, -0.15) is 0 Å². The van der Waals surface area contributed by atoms with Crippen LogP contribution in [0.3, 0.4) is 0 Å². The fraction of sp³-hybridized carbons (Fsp3) is 1.00. The molecule has 0 radical (unpaired) electrons. The van der Waals surface area contributed by atoms with Gasteiger partial charge in [-0.05, 0) is 43.6 Å². The molecule has 2 atom stereocenters. The lowest BCUT2D eigenvalue weighted by Gasteiger charge is -2.26. The number of nitrogens with one attached hydrogen (secondary N) is 1. The van der Waals surface area contributed by atoms with E-state index in [2.05, 4.69) is 19.2 Å². The molecule has 1 N–H and O–H groups in total. The highest BCUT2D eigenvalue weighted by Crippen LogP contribution is 2.34. The highest BCUT2D eigenvalue weighted by Gasteiger charge is 2.35. The average molecular weight is 195 g/mol. The Bertz CT molecular complexity index is 170. The fourth-order valence-corrected chi connectivity index (χ4v) is 2.80. The number of rotatable bonds is 4. The van der Waals surface area contributed by atoms with Crippen molar-refractivity contribution in [2.45, 2.75) is 58.4 Å². The molecule has 0 spiro atoms. The third-order valence-electron chi connectivity index (χ3n) is 4.25. The molecule has 0 heterocycles. The zero-order valence-corrected chi connectivity index (χ0v) is 9.76. The van der Waals surface area contributed by atoms with Crippen molar-refractivity contribution in [3.63, 3.8) is 0 Å². The molecule has 0 aromatic heterocycles. The molecule has 2 fully saturated rings. The number of hydrogen-bond acceptors (Lipinski definition) is 1. The molecule has 2 unspecified atom stereocenters. The summed E-state index contributed by atoms with van der Waals surface area (Å²) < 4.78 is 0. The molecule has 0 aromatic rings. The molecular formula is C13H25N. The monoisotopic (exact) mass is 195 g/mol. The molecule has 0 aliphatic heterocycles. The first-order valence-electron chi connectivity index (χ1n) is 6.53. The average Bonchev–Trinajstić information content (AvgIpc) is 2.96. The first kappa shape index (κ1) is 10.5. The van der Waals surface area contributed by atoms with Gasteiger partial charge in [0.25, 0.3) is 0 Å². The van der Waals surface area contributed by atoms with Gasteiger partial charge in [0, 0.05) is 6.04 Å². The Morgan fingerprint density at radius 2 is 1.86 bits per heavy atom. The molecule has 2 rings (SSSR count). The van der Waals surface area contributed by atoms with Crippen LogP contribution in [0.2, 0.25) is 0 Å². The van der Waals surface area contributed by atoms with Crippen molar-refractivity contribution in [2.75, 3.05) is 6.54 Å². The van der Waals surface area contributed by atoms with Crippen molar-refractivity contribution >= 4 is 0 Å². The fourth-order valence-electron chi connectivity index (χ4n) is 2.80. The maximum atomic E-state index is 3.74. The Hall–Kier alpha value is -0.0400. The molecule has 0 bridgehead atoms. The third-order valence-corrected chi connectivity index (χ3v) is 4.25. The quantitative estimate of drug-likeness (QED) is 0.726. The van der Waals surface area contributed by atoms with Crippen molar-refractivity contribution in [2.24, 2.45) is 17.8 Å². The summed E-state index contributed by atoms with van der Waals surface area (Å²) in [7, 11) is 0. The second-order valence-electron chi connectivity index (χ2n) is 5.54. The topological polar surface area (TPSA) is 12.0 Å². The molecular weight excluding hydrogens is 170 g/mol. The normalized spacial score (nSPS) is 42.4. The molecule has 0 aromatic carbocycles. The predicted octanol–water partition coefficient (Wildman–Crippen LogP) is 3.20. The zero-order chi connectivity index (χ0) is 9.97. The van der Waals surface area contributed by atoms with Crippen LogP contribution < -0.4 is 5.32 Å². The van der Waals surface area contributed by atoms with Crippen LogP contribution in [0.25, 0.3) is 0 Å². The standard InChI is InChI=1S/C13H25N/c1-3-12-8-13(12)14-9-11-6-4-10(2)5-7-11/h10-14H,3-9H2,1-2H3. The Kier molecular flexibility index (Phi) is 3.48. The van der Waals surface area contributed by atoms with Gasteiger partial charge >= 0.3 is 0 Å². The lowest BCUT2D eigenvalue weighted by atomic mass is 9.83. The predicted molar refractivity (Wildman–Crippen MR) is 61.3 cm³/mol. The van der Waals surface area contributed by atoms with Gasteiger partial charge in [0.05, 0.1) is 0 Å². The van der Waals surface area contributed by atoms with E-state index in [1.165, 1.54) is 45.1 Å². The summed E-state index contributed by atoms with van der Waals surface area (Å²) in [6, 6.07) is 0.888. The minimum atomic E-state index is 0.888. The van der Waals surface area contributed by atoms with Crippen molar-refractivity contribution < 1.29 is 0 Å². The molecule has 0 amide bonds. The van der Waals surface area contributed by atoms with Crippen molar-refractivity contribution in [3.05, 3.63) is 0 Å². The van der Waals surface area contributed by atoms with E-state index in [0.29, 0.717) is 0 Å². The van der Waals surface area contributed by atoms with Gasteiger partial charge in [0.15, 0.2) is 0 Å². The summed E-state index contributed by atoms with van der Waals surface area (Å²) in [5.74, 6) is 3.00. The maximum Gasteiger partial charge on any atom is 0.00991 e. The Morgan fingerprint density at radius 3 is 2.43 bits per heavy atom. The maximum absolute atomic E-state index is 3.74. The second kappa shape index (κ2) is 4.65. The van der Waals surface area contributed by atoms with E-state index >= 15 is 0 Å². The summed E-state index contributed by atoms with van der Waals surface area (Å²) in [6.45, 7) is 6.01. The van der Waals surface area contributed by atoms with Crippen LogP contribution in [0.1, 0.15) is 52.4 Å². The van der Waals surface area contributed by atoms with E-state index in [4.69, 9.17) is 0 Å². The third kappa shape index (κ3) is 2.73. The van der Waals surface area contributed by atoms with Crippen molar-refractivity contribution in [1.29, 1.82) is 0 Å².